The van der Waals surface area contributed by atoms with Crippen LogP contribution < -0.4 is 11.3 Å². The first-order valence-corrected chi connectivity index (χ1v) is 5.80. The monoisotopic (exact) mass is 231 g/mol. The molecule has 4 heteroatoms. The van der Waals surface area contributed by atoms with Gasteiger partial charge in [-0.2, -0.15) is 0 Å². The quantitative estimate of drug-likeness (QED) is 0.861. The summed E-state index contributed by atoms with van der Waals surface area (Å²) < 4.78 is 1.62. The molecule has 1 heterocycles. The van der Waals surface area contributed by atoms with E-state index in [4.69, 9.17) is 5.73 Å². The van der Waals surface area contributed by atoms with E-state index >= 15 is 0 Å². The van der Waals surface area contributed by atoms with Gasteiger partial charge in [-0.3, -0.25) is 9.36 Å². The fourth-order valence-electron chi connectivity index (χ4n) is 1.97. The van der Waals surface area contributed by atoms with Crippen molar-refractivity contribution in [1.82, 2.24) is 9.55 Å². The summed E-state index contributed by atoms with van der Waals surface area (Å²) in [5.74, 6) is 0.808. The number of aryl methyl sites for hydroxylation is 2. The van der Waals surface area contributed by atoms with Crippen molar-refractivity contribution < 1.29 is 0 Å². The number of aromatic nitrogens is 2. The Bertz CT molecular complexity index is 601. The number of nitrogens with two attached hydrogens (primary N) is 1. The van der Waals surface area contributed by atoms with Gasteiger partial charge in [0.1, 0.15) is 5.82 Å². The number of para-hydroxylation sites is 1. The summed E-state index contributed by atoms with van der Waals surface area (Å²) in [5.41, 5.74) is 7.36. The third kappa shape index (κ3) is 2.08. The lowest BCUT2D eigenvalue weighted by molar-refractivity contribution is 0.698. The minimum atomic E-state index is 0.0192. The molecule has 0 radical (unpaired) electrons. The molecule has 0 saturated carbocycles. The number of hydrogen-bond acceptors (Lipinski definition) is 3. The minimum Gasteiger partial charge on any atom is -0.330 e. The maximum Gasteiger partial charge on any atom is 0.261 e. The van der Waals surface area contributed by atoms with Gasteiger partial charge in [0.2, 0.25) is 0 Å². The fourth-order valence-corrected chi connectivity index (χ4v) is 1.97. The highest BCUT2D eigenvalue weighted by molar-refractivity contribution is 5.80. The molecular weight excluding hydrogens is 214 g/mol. The molecule has 0 aliphatic carbocycles. The van der Waals surface area contributed by atoms with Crippen molar-refractivity contribution in [2.45, 2.75) is 19.8 Å². The summed E-state index contributed by atoms with van der Waals surface area (Å²) in [6.45, 7) is 2.59. The standard InChI is InChI=1S/C13H17N3O/c1-9-5-3-6-10-12(9)15-11(7-4-8-14)16(2)13(10)17/h3,5-6H,4,7-8,14H2,1-2H3. The van der Waals surface area contributed by atoms with Crippen molar-refractivity contribution in [3.05, 3.63) is 39.9 Å². The molecule has 0 bridgehead atoms. The van der Waals surface area contributed by atoms with E-state index in [9.17, 15) is 4.79 Å². The van der Waals surface area contributed by atoms with Crippen LogP contribution in [-0.2, 0) is 13.5 Å². The van der Waals surface area contributed by atoms with Crippen LogP contribution in [0.2, 0.25) is 0 Å². The maximum absolute atomic E-state index is 12.2. The first-order chi connectivity index (χ1) is 8.15. The Morgan fingerprint density at radius 3 is 2.88 bits per heavy atom. The highest BCUT2D eigenvalue weighted by Crippen LogP contribution is 2.13. The van der Waals surface area contributed by atoms with E-state index in [-0.39, 0.29) is 5.56 Å². The Hall–Kier alpha value is -1.68. The molecular formula is C13H17N3O. The minimum absolute atomic E-state index is 0.0192. The molecule has 2 N–H and O–H groups in total. The average molecular weight is 231 g/mol. The van der Waals surface area contributed by atoms with Crippen LogP contribution in [0.3, 0.4) is 0 Å². The SMILES string of the molecule is Cc1cccc2c(=O)n(C)c(CCCN)nc12. The van der Waals surface area contributed by atoms with E-state index in [1.807, 2.05) is 25.1 Å². The van der Waals surface area contributed by atoms with Crippen LogP contribution in [0, 0.1) is 6.92 Å². The zero-order valence-electron chi connectivity index (χ0n) is 10.2. The van der Waals surface area contributed by atoms with E-state index in [0.717, 1.165) is 29.7 Å². The average Bonchev–Trinajstić information content (AvgIpc) is 2.33. The fraction of sp³-hybridized carbons (Fsp3) is 0.385. The van der Waals surface area contributed by atoms with Crippen LogP contribution in [0.5, 0.6) is 0 Å². The molecule has 0 fully saturated rings. The molecule has 0 spiro atoms. The molecule has 1 aromatic carbocycles. The van der Waals surface area contributed by atoms with Crippen LogP contribution >= 0.6 is 0 Å². The smallest absolute Gasteiger partial charge is 0.261 e. The molecule has 2 aromatic rings. The molecule has 0 unspecified atom stereocenters. The van der Waals surface area contributed by atoms with E-state index in [1.54, 1.807) is 11.6 Å². The van der Waals surface area contributed by atoms with Gasteiger partial charge in [0.05, 0.1) is 10.9 Å². The topological polar surface area (TPSA) is 60.9 Å². The Morgan fingerprint density at radius 1 is 1.41 bits per heavy atom. The first-order valence-electron chi connectivity index (χ1n) is 5.80. The molecule has 0 amide bonds. The lowest BCUT2D eigenvalue weighted by Crippen LogP contribution is -2.23. The van der Waals surface area contributed by atoms with Crippen LogP contribution in [0.1, 0.15) is 17.8 Å². The second-order valence-electron chi connectivity index (χ2n) is 4.26. The van der Waals surface area contributed by atoms with Gasteiger partial charge in [-0.1, -0.05) is 12.1 Å². The van der Waals surface area contributed by atoms with Gasteiger partial charge in [0.15, 0.2) is 0 Å². The summed E-state index contributed by atoms with van der Waals surface area (Å²) in [6, 6.07) is 5.69. The molecule has 17 heavy (non-hydrogen) atoms. The van der Waals surface area contributed by atoms with E-state index in [0.29, 0.717) is 11.9 Å². The lowest BCUT2D eigenvalue weighted by Gasteiger charge is -2.09. The zero-order chi connectivity index (χ0) is 12.4. The third-order valence-electron chi connectivity index (χ3n) is 3.01. The normalized spacial score (nSPS) is 11.0. The Morgan fingerprint density at radius 2 is 2.18 bits per heavy atom. The molecule has 4 nitrogen and oxygen atoms in total. The second-order valence-corrected chi connectivity index (χ2v) is 4.26. The second kappa shape index (κ2) is 4.67. The van der Waals surface area contributed by atoms with Gasteiger partial charge in [-0.15, -0.1) is 0 Å². The van der Waals surface area contributed by atoms with E-state index < -0.39 is 0 Å². The lowest BCUT2D eigenvalue weighted by atomic mass is 10.1. The zero-order valence-corrected chi connectivity index (χ0v) is 10.2. The van der Waals surface area contributed by atoms with Crippen molar-refractivity contribution in [1.29, 1.82) is 0 Å². The van der Waals surface area contributed by atoms with Crippen molar-refractivity contribution >= 4 is 10.9 Å². The summed E-state index contributed by atoms with van der Waals surface area (Å²) in [5, 5.41) is 0.684. The Kier molecular flexibility index (Phi) is 3.24. The largest absolute Gasteiger partial charge is 0.330 e. The molecule has 0 atom stereocenters. The van der Waals surface area contributed by atoms with Gasteiger partial charge >= 0.3 is 0 Å². The third-order valence-corrected chi connectivity index (χ3v) is 3.01. The van der Waals surface area contributed by atoms with Crippen molar-refractivity contribution in [2.24, 2.45) is 12.8 Å². The molecule has 2 rings (SSSR count). The molecule has 0 aliphatic rings. The predicted octanol–water partition coefficient (Wildman–Crippen LogP) is 1.13. The van der Waals surface area contributed by atoms with Crippen LogP contribution in [0.25, 0.3) is 10.9 Å². The van der Waals surface area contributed by atoms with Crippen LogP contribution in [0.4, 0.5) is 0 Å². The number of fused-ring (bicyclic) bond motifs is 1. The van der Waals surface area contributed by atoms with Gasteiger partial charge in [-0.05, 0) is 31.5 Å². The molecule has 1 aromatic heterocycles. The van der Waals surface area contributed by atoms with Crippen molar-refractivity contribution in [3.8, 4) is 0 Å². The number of rotatable bonds is 3. The predicted molar refractivity (Wildman–Crippen MR) is 69.1 cm³/mol. The van der Waals surface area contributed by atoms with Gasteiger partial charge < -0.3 is 5.73 Å². The Balaban J connectivity index is 2.68. The maximum atomic E-state index is 12.2. The summed E-state index contributed by atoms with van der Waals surface area (Å²) in [6.07, 6.45) is 1.59. The van der Waals surface area contributed by atoms with Crippen LogP contribution in [-0.4, -0.2) is 16.1 Å². The molecule has 0 aliphatic heterocycles. The number of nitrogens with zero attached hydrogens (tertiary/aromatic N) is 2. The van der Waals surface area contributed by atoms with Gasteiger partial charge in [0.25, 0.3) is 5.56 Å². The molecule has 90 valence electrons. The van der Waals surface area contributed by atoms with Gasteiger partial charge in [-0.25, -0.2) is 4.98 Å². The Labute approximate surface area is 100 Å². The molecule has 0 saturated heterocycles. The summed E-state index contributed by atoms with van der Waals surface area (Å²) in [4.78, 5) is 16.7. The van der Waals surface area contributed by atoms with Crippen molar-refractivity contribution in [3.63, 3.8) is 0 Å². The number of benzene rings is 1. The summed E-state index contributed by atoms with van der Waals surface area (Å²) >= 11 is 0. The van der Waals surface area contributed by atoms with Gasteiger partial charge in [0, 0.05) is 13.5 Å². The van der Waals surface area contributed by atoms with E-state index in [1.165, 1.54) is 0 Å². The highest BCUT2D eigenvalue weighted by atomic mass is 16.1. The van der Waals surface area contributed by atoms with Crippen molar-refractivity contribution in [2.75, 3.05) is 6.54 Å². The van der Waals surface area contributed by atoms with Crippen LogP contribution in [0.15, 0.2) is 23.0 Å². The van der Waals surface area contributed by atoms with E-state index in [2.05, 4.69) is 4.98 Å². The summed E-state index contributed by atoms with van der Waals surface area (Å²) in [7, 11) is 1.77. The first kappa shape index (κ1) is 11.8. The highest BCUT2D eigenvalue weighted by Gasteiger charge is 2.08. The number of hydrogen-bond donors (Lipinski definition) is 1.